The van der Waals surface area contributed by atoms with Crippen LogP contribution in [0.4, 0.5) is 17.6 Å². The fourth-order valence-corrected chi connectivity index (χ4v) is 2.08. The lowest BCUT2D eigenvalue weighted by atomic mass is 10.1. The summed E-state index contributed by atoms with van der Waals surface area (Å²) in [6.45, 7) is 1.03. The summed E-state index contributed by atoms with van der Waals surface area (Å²) in [5.41, 5.74) is 0.363. The summed E-state index contributed by atoms with van der Waals surface area (Å²) in [7, 11) is 0. The zero-order chi connectivity index (χ0) is 14.9. The zero-order valence-electron chi connectivity index (χ0n) is 11.1. The molecule has 1 aliphatic heterocycles. The van der Waals surface area contributed by atoms with Gasteiger partial charge in [-0.25, -0.2) is 17.6 Å². The highest BCUT2D eigenvalue weighted by Gasteiger charge is 2.42. The van der Waals surface area contributed by atoms with Crippen LogP contribution in [0, 0.1) is 11.6 Å². The molecule has 1 aliphatic rings. The second-order valence-corrected chi connectivity index (χ2v) is 4.90. The largest absolute Gasteiger partial charge is 0.348 e. The van der Waals surface area contributed by atoms with Crippen LogP contribution in [0.15, 0.2) is 18.2 Å². The van der Waals surface area contributed by atoms with E-state index in [1.54, 1.807) is 6.92 Å². The van der Waals surface area contributed by atoms with Crippen molar-refractivity contribution in [3.05, 3.63) is 35.4 Å². The predicted molar refractivity (Wildman–Crippen MR) is 71.5 cm³/mol. The van der Waals surface area contributed by atoms with Crippen molar-refractivity contribution >= 4 is 18.3 Å². The summed E-state index contributed by atoms with van der Waals surface area (Å²) >= 11 is 0. The fourth-order valence-electron chi connectivity index (χ4n) is 2.08. The molecule has 21 heavy (non-hydrogen) atoms. The molecule has 1 heterocycles. The number of benzene rings is 1. The van der Waals surface area contributed by atoms with Crippen molar-refractivity contribution in [2.24, 2.45) is 0 Å². The molecule has 1 aromatic carbocycles. The monoisotopic (exact) mass is 326 g/mol. The Kier molecular flexibility index (Phi) is 5.58. The molecular weight excluding hydrogens is 312 g/mol. The molecule has 2 unspecified atom stereocenters. The molecule has 1 saturated heterocycles. The maximum Gasteiger partial charge on any atom is 0.262 e. The lowest BCUT2D eigenvalue weighted by Crippen LogP contribution is -2.41. The fraction of sp³-hybridized carbons (Fsp3) is 0.462. The van der Waals surface area contributed by atoms with Crippen molar-refractivity contribution in [3.8, 4) is 0 Å². The van der Waals surface area contributed by atoms with E-state index in [1.807, 2.05) is 0 Å². The lowest BCUT2D eigenvalue weighted by molar-refractivity contribution is -0.124. The molecule has 0 aromatic heterocycles. The first kappa shape index (κ1) is 17.7. The number of nitrogens with one attached hydrogen (secondary N) is 2. The first-order valence-corrected chi connectivity index (χ1v) is 6.15. The average Bonchev–Trinajstić information content (AvgIpc) is 2.73. The number of amides is 1. The normalized spacial score (nSPS) is 21.5. The zero-order valence-corrected chi connectivity index (χ0v) is 11.9. The van der Waals surface area contributed by atoms with Crippen molar-refractivity contribution in [2.75, 3.05) is 6.54 Å². The van der Waals surface area contributed by atoms with Crippen molar-refractivity contribution in [1.29, 1.82) is 0 Å². The van der Waals surface area contributed by atoms with Crippen LogP contribution in [0.5, 0.6) is 0 Å². The summed E-state index contributed by atoms with van der Waals surface area (Å²) in [6.07, 6.45) is -0.566. The van der Waals surface area contributed by atoms with Gasteiger partial charge in [0, 0.05) is 6.42 Å². The quantitative estimate of drug-likeness (QED) is 0.838. The van der Waals surface area contributed by atoms with Gasteiger partial charge in [0.25, 0.3) is 5.92 Å². The minimum atomic E-state index is -2.90. The molecule has 1 fully saturated rings. The topological polar surface area (TPSA) is 41.1 Å². The van der Waals surface area contributed by atoms with Crippen molar-refractivity contribution in [2.45, 2.75) is 31.4 Å². The number of carbonyl (C=O) groups is 1. The van der Waals surface area contributed by atoms with Gasteiger partial charge >= 0.3 is 0 Å². The summed E-state index contributed by atoms with van der Waals surface area (Å²) in [5.74, 6) is -5.48. The standard InChI is InChI=1S/C13H14F4N2O.ClH/c1-7(8-2-3-9(14)10(15)4-8)19-12(20)11-5-13(16,17)6-18-11;/h2-4,7,11,18H,5-6H2,1H3,(H,19,20);1H. The first-order chi connectivity index (χ1) is 9.28. The molecule has 0 saturated carbocycles. The molecule has 1 aromatic rings. The maximum absolute atomic E-state index is 13.1. The Labute approximate surface area is 125 Å². The van der Waals surface area contributed by atoms with Gasteiger partial charge < -0.3 is 5.32 Å². The van der Waals surface area contributed by atoms with Gasteiger partial charge in [-0.2, -0.15) is 0 Å². The van der Waals surface area contributed by atoms with Gasteiger partial charge in [0.1, 0.15) is 0 Å². The highest BCUT2D eigenvalue weighted by molar-refractivity contribution is 5.85. The number of carbonyl (C=O) groups excluding carboxylic acids is 1. The number of alkyl halides is 2. The Bertz CT molecular complexity index is 527. The number of hydrogen-bond donors (Lipinski definition) is 2. The van der Waals surface area contributed by atoms with Crippen molar-refractivity contribution in [3.63, 3.8) is 0 Å². The highest BCUT2D eigenvalue weighted by atomic mass is 35.5. The second-order valence-electron chi connectivity index (χ2n) is 4.90. The average molecular weight is 327 g/mol. The molecule has 8 heteroatoms. The molecule has 2 atom stereocenters. The van der Waals surface area contributed by atoms with Gasteiger partial charge in [0.2, 0.25) is 5.91 Å². The number of halogens is 5. The summed E-state index contributed by atoms with van der Waals surface area (Å²) in [5, 5.41) is 4.93. The van der Waals surface area contributed by atoms with E-state index < -0.39 is 48.5 Å². The Morgan fingerprint density at radius 2 is 2.05 bits per heavy atom. The predicted octanol–water partition coefficient (Wildman–Crippen LogP) is 2.56. The minimum Gasteiger partial charge on any atom is -0.348 e. The van der Waals surface area contributed by atoms with E-state index in [0.29, 0.717) is 5.56 Å². The van der Waals surface area contributed by atoms with Crippen LogP contribution in [-0.4, -0.2) is 24.4 Å². The van der Waals surface area contributed by atoms with Crippen LogP contribution in [0.25, 0.3) is 0 Å². The lowest BCUT2D eigenvalue weighted by Gasteiger charge is -2.17. The Morgan fingerprint density at radius 3 is 2.57 bits per heavy atom. The van der Waals surface area contributed by atoms with Crippen LogP contribution in [0.2, 0.25) is 0 Å². The highest BCUT2D eigenvalue weighted by Crippen LogP contribution is 2.25. The molecular formula is C13H15ClF4N2O. The molecule has 2 rings (SSSR count). The van der Waals surface area contributed by atoms with Gasteiger partial charge in [0.05, 0.1) is 18.6 Å². The third kappa shape index (κ3) is 4.31. The van der Waals surface area contributed by atoms with E-state index in [2.05, 4.69) is 10.6 Å². The summed E-state index contributed by atoms with van der Waals surface area (Å²) in [4.78, 5) is 11.8. The summed E-state index contributed by atoms with van der Waals surface area (Å²) < 4.78 is 51.8. The number of rotatable bonds is 3. The van der Waals surface area contributed by atoms with Gasteiger partial charge in [0.15, 0.2) is 11.6 Å². The van der Waals surface area contributed by atoms with Crippen molar-refractivity contribution in [1.82, 2.24) is 10.6 Å². The molecule has 118 valence electrons. The van der Waals surface area contributed by atoms with Crippen LogP contribution < -0.4 is 10.6 Å². The second kappa shape index (κ2) is 6.62. The number of hydrogen-bond acceptors (Lipinski definition) is 2. The molecule has 0 aliphatic carbocycles. The maximum atomic E-state index is 13.1. The van der Waals surface area contributed by atoms with Crippen molar-refractivity contribution < 1.29 is 22.4 Å². The van der Waals surface area contributed by atoms with Crippen LogP contribution in [-0.2, 0) is 4.79 Å². The molecule has 3 nitrogen and oxygen atoms in total. The molecule has 0 spiro atoms. The van der Waals surface area contributed by atoms with Crippen LogP contribution >= 0.6 is 12.4 Å². The van der Waals surface area contributed by atoms with E-state index in [4.69, 9.17) is 0 Å². The van der Waals surface area contributed by atoms with E-state index in [1.165, 1.54) is 6.07 Å². The molecule has 0 bridgehead atoms. The SMILES string of the molecule is CC(NC(=O)C1CC(F)(F)CN1)c1ccc(F)c(F)c1.Cl. The Morgan fingerprint density at radius 1 is 1.38 bits per heavy atom. The van der Waals surface area contributed by atoms with E-state index in [-0.39, 0.29) is 12.4 Å². The van der Waals surface area contributed by atoms with Gasteiger partial charge in [-0.15, -0.1) is 12.4 Å². The molecule has 1 amide bonds. The third-order valence-corrected chi connectivity index (χ3v) is 3.23. The van der Waals surface area contributed by atoms with Crippen LogP contribution in [0.3, 0.4) is 0 Å². The smallest absolute Gasteiger partial charge is 0.262 e. The first-order valence-electron chi connectivity index (χ1n) is 6.15. The van der Waals surface area contributed by atoms with Crippen LogP contribution in [0.1, 0.15) is 24.9 Å². The Hall–Kier alpha value is -1.34. The van der Waals surface area contributed by atoms with E-state index >= 15 is 0 Å². The molecule has 0 radical (unpaired) electrons. The third-order valence-electron chi connectivity index (χ3n) is 3.23. The van der Waals surface area contributed by atoms with Gasteiger partial charge in [-0.05, 0) is 24.6 Å². The van der Waals surface area contributed by atoms with Gasteiger partial charge in [-0.1, -0.05) is 6.07 Å². The summed E-state index contributed by atoms with van der Waals surface area (Å²) in [6, 6.07) is 1.68. The molecule has 2 N–H and O–H groups in total. The van der Waals surface area contributed by atoms with E-state index in [0.717, 1.165) is 12.1 Å². The minimum absolute atomic E-state index is 0. The van der Waals surface area contributed by atoms with E-state index in [9.17, 15) is 22.4 Å². The van der Waals surface area contributed by atoms with Gasteiger partial charge in [-0.3, -0.25) is 10.1 Å². The Balaban J connectivity index is 0.00000220.